The lowest BCUT2D eigenvalue weighted by Crippen LogP contribution is -2.15. The molecule has 0 saturated carbocycles. The predicted octanol–water partition coefficient (Wildman–Crippen LogP) is 3.55. The molecule has 26 heavy (non-hydrogen) atoms. The highest BCUT2D eigenvalue weighted by molar-refractivity contribution is 9.10. The van der Waals surface area contributed by atoms with Gasteiger partial charge in [0.05, 0.1) is 6.61 Å². The first-order valence-corrected chi connectivity index (χ1v) is 9.11. The van der Waals surface area contributed by atoms with Crippen LogP contribution >= 0.6 is 15.9 Å². The second kappa shape index (κ2) is 9.15. The molecule has 2 N–H and O–H groups in total. The number of hydrogen-bond acceptors (Lipinski definition) is 5. The van der Waals surface area contributed by atoms with E-state index >= 15 is 0 Å². The number of hydrogen-bond donors (Lipinski definition) is 2. The molecule has 0 fully saturated rings. The van der Waals surface area contributed by atoms with Gasteiger partial charge in [0.2, 0.25) is 0 Å². The second-order valence-corrected chi connectivity index (χ2v) is 6.49. The zero-order valence-corrected chi connectivity index (χ0v) is 15.7. The van der Waals surface area contributed by atoms with E-state index in [9.17, 15) is 4.79 Å². The van der Waals surface area contributed by atoms with Crippen molar-refractivity contribution in [3.05, 3.63) is 80.8 Å². The van der Waals surface area contributed by atoms with Gasteiger partial charge < -0.3 is 10.1 Å². The van der Waals surface area contributed by atoms with Crippen molar-refractivity contribution in [3.8, 4) is 5.88 Å². The smallest absolute Gasteiger partial charge is 0.280 e. The van der Waals surface area contributed by atoms with Gasteiger partial charge in [-0.05, 0) is 46.0 Å². The van der Waals surface area contributed by atoms with Crippen molar-refractivity contribution in [1.29, 1.82) is 0 Å². The van der Waals surface area contributed by atoms with Crippen molar-refractivity contribution in [2.45, 2.75) is 19.4 Å². The van der Waals surface area contributed by atoms with Gasteiger partial charge in [-0.2, -0.15) is 0 Å². The third-order valence-electron chi connectivity index (χ3n) is 3.78. The average molecular weight is 415 g/mol. The summed E-state index contributed by atoms with van der Waals surface area (Å²) < 4.78 is 6.16. The van der Waals surface area contributed by atoms with E-state index in [-0.39, 0.29) is 5.56 Å². The van der Waals surface area contributed by atoms with Gasteiger partial charge in [-0.15, -0.1) is 5.10 Å². The van der Waals surface area contributed by atoms with Gasteiger partial charge >= 0.3 is 0 Å². The molecule has 2 aromatic heterocycles. The van der Waals surface area contributed by atoms with E-state index < -0.39 is 0 Å². The fourth-order valence-corrected chi connectivity index (χ4v) is 2.85. The van der Waals surface area contributed by atoms with E-state index in [1.807, 2.05) is 30.3 Å². The quantitative estimate of drug-likeness (QED) is 0.550. The number of nitrogens with zero attached hydrogens (tertiary/aromatic N) is 2. The molecule has 0 radical (unpaired) electrons. The molecule has 134 valence electrons. The van der Waals surface area contributed by atoms with Crippen LogP contribution in [0.4, 0.5) is 5.69 Å². The molecule has 0 aliphatic heterocycles. The molecular formula is C19H19BrN4O2. The number of halogens is 1. The predicted molar refractivity (Wildman–Crippen MR) is 104 cm³/mol. The number of anilines is 1. The number of rotatable bonds is 8. The number of nitrogens with one attached hydrogen (secondary N) is 2. The van der Waals surface area contributed by atoms with E-state index in [0.717, 1.165) is 18.4 Å². The van der Waals surface area contributed by atoms with Gasteiger partial charge in [-0.3, -0.25) is 9.78 Å². The van der Waals surface area contributed by atoms with Crippen LogP contribution in [0.15, 0.2) is 64.1 Å². The monoisotopic (exact) mass is 414 g/mol. The summed E-state index contributed by atoms with van der Waals surface area (Å²) in [6, 6.07) is 14.1. The average Bonchev–Trinajstić information content (AvgIpc) is 2.69. The molecule has 0 spiro atoms. The Morgan fingerprint density at radius 3 is 2.69 bits per heavy atom. The van der Waals surface area contributed by atoms with Crippen LogP contribution in [0.3, 0.4) is 0 Å². The first-order chi connectivity index (χ1) is 12.7. The fraction of sp³-hybridized carbons (Fsp3) is 0.211. The summed E-state index contributed by atoms with van der Waals surface area (Å²) in [6.45, 7) is 1.01. The first-order valence-electron chi connectivity index (χ1n) is 8.31. The molecule has 3 rings (SSSR count). The van der Waals surface area contributed by atoms with Gasteiger partial charge in [-0.1, -0.05) is 36.4 Å². The van der Waals surface area contributed by atoms with Crippen LogP contribution in [0.1, 0.15) is 17.5 Å². The Bertz CT molecular complexity index is 885. The van der Waals surface area contributed by atoms with E-state index in [1.165, 1.54) is 5.56 Å². The number of pyridine rings is 1. The number of aryl methyl sites for hydroxylation is 1. The van der Waals surface area contributed by atoms with E-state index in [4.69, 9.17) is 4.74 Å². The third kappa shape index (κ3) is 4.92. The van der Waals surface area contributed by atoms with Crippen LogP contribution in [-0.4, -0.2) is 21.8 Å². The number of aromatic nitrogens is 3. The third-order valence-corrected chi connectivity index (χ3v) is 4.53. The van der Waals surface area contributed by atoms with Crippen molar-refractivity contribution in [2.24, 2.45) is 0 Å². The van der Waals surface area contributed by atoms with Gasteiger partial charge in [0.25, 0.3) is 11.4 Å². The van der Waals surface area contributed by atoms with E-state index in [0.29, 0.717) is 29.2 Å². The van der Waals surface area contributed by atoms with Crippen LogP contribution in [-0.2, 0) is 13.0 Å². The maximum atomic E-state index is 11.8. The topological polar surface area (TPSA) is 79.9 Å². The lowest BCUT2D eigenvalue weighted by molar-refractivity contribution is 0.296. The van der Waals surface area contributed by atoms with Crippen LogP contribution in [0.25, 0.3) is 0 Å². The summed E-state index contributed by atoms with van der Waals surface area (Å²) in [6.07, 6.45) is 5.26. The number of benzene rings is 1. The van der Waals surface area contributed by atoms with Crippen molar-refractivity contribution < 1.29 is 4.74 Å². The number of aromatic amines is 1. The highest BCUT2D eigenvalue weighted by atomic mass is 79.9. The highest BCUT2D eigenvalue weighted by Crippen LogP contribution is 2.27. The van der Waals surface area contributed by atoms with Crippen LogP contribution in [0, 0.1) is 0 Å². The summed E-state index contributed by atoms with van der Waals surface area (Å²) in [5, 5.41) is 9.67. The van der Waals surface area contributed by atoms with Crippen molar-refractivity contribution in [3.63, 3.8) is 0 Å². The molecule has 6 nitrogen and oxygen atoms in total. The molecule has 0 unspecified atom stereocenters. The second-order valence-electron chi connectivity index (χ2n) is 5.70. The Kier molecular flexibility index (Phi) is 6.38. The van der Waals surface area contributed by atoms with Crippen molar-refractivity contribution in [1.82, 2.24) is 15.2 Å². The number of ether oxygens (including phenoxy) is 1. The standard InChI is InChI=1S/C19H19BrN4O2/c20-16-17(22-13-15-8-4-10-21-12-15)19(24-23-18(16)25)26-11-5-9-14-6-2-1-3-7-14/h1-4,6-8,10,12H,5,9,11,13H2,(H2,22,23,25). The SMILES string of the molecule is O=c1[nH]nc(OCCCc2ccccc2)c(NCc2cccnc2)c1Br. The molecule has 3 aromatic rings. The molecule has 0 aliphatic carbocycles. The maximum Gasteiger partial charge on any atom is 0.280 e. The normalized spacial score (nSPS) is 10.5. The van der Waals surface area contributed by atoms with Gasteiger partial charge in [0, 0.05) is 18.9 Å². The molecule has 0 amide bonds. The molecule has 0 saturated heterocycles. The lowest BCUT2D eigenvalue weighted by Gasteiger charge is -2.13. The molecule has 7 heteroatoms. The molecular weight excluding hydrogens is 396 g/mol. The summed E-state index contributed by atoms with van der Waals surface area (Å²) in [4.78, 5) is 15.9. The van der Waals surface area contributed by atoms with E-state index in [2.05, 4.69) is 48.6 Å². The summed E-state index contributed by atoms with van der Waals surface area (Å²) >= 11 is 3.31. The number of H-pyrrole nitrogens is 1. The summed E-state index contributed by atoms with van der Waals surface area (Å²) in [7, 11) is 0. The minimum absolute atomic E-state index is 0.310. The highest BCUT2D eigenvalue weighted by Gasteiger charge is 2.13. The van der Waals surface area contributed by atoms with Gasteiger partial charge in [-0.25, -0.2) is 5.10 Å². The van der Waals surface area contributed by atoms with Crippen LogP contribution in [0.2, 0.25) is 0 Å². The molecule has 1 aromatic carbocycles. The van der Waals surface area contributed by atoms with Gasteiger partial charge in [0.15, 0.2) is 0 Å². The maximum absolute atomic E-state index is 11.8. The Morgan fingerprint density at radius 1 is 1.12 bits per heavy atom. The van der Waals surface area contributed by atoms with Crippen LogP contribution < -0.4 is 15.6 Å². The Labute approximate surface area is 159 Å². The van der Waals surface area contributed by atoms with Crippen molar-refractivity contribution >= 4 is 21.6 Å². The molecule has 0 aliphatic rings. The fourth-order valence-electron chi connectivity index (χ4n) is 2.45. The van der Waals surface area contributed by atoms with Crippen molar-refractivity contribution in [2.75, 3.05) is 11.9 Å². The Morgan fingerprint density at radius 2 is 1.92 bits per heavy atom. The molecule has 0 bridgehead atoms. The summed E-state index contributed by atoms with van der Waals surface area (Å²) in [5.74, 6) is 0.369. The summed E-state index contributed by atoms with van der Waals surface area (Å²) in [5.41, 5.74) is 2.49. The molecule has 2 heterocycles. The minimum Gasteiger partial charge on any atom is -0.475 e. The zero-order valence-electron chi connectivity index (χ0n) is 14.1. The zero-order chi connectivity index (χ0) is 18.2. The Hall–Kier alpha value is -2.67. The molecule has 0 atom stereocenters. The Balaban J connectivity index is 1.62. The minimum atomic E-state index is -0.310. The lowest BCUT2D eigenvalue weighted by atomic mass is 10.1. The van der Waals surface area contributed by atoms with Crippen LogP contribution in [0.5, 0.6) is 5.88 Å². The van der Waals surface area contributed by atoms with E-state index in [1.54, 1.807) is 12.4 Å². The van der Waals surface area contributed by atoms with Gasteiger partial charge in [0.1, 0.15) is 10.2 Å². The largest absolute Gasteiger partial charge is 0.475 e. The first kappa shape index (κ1) is 18.1.